The van der Waals surface area contributed by atoms with E-state index in [1.807, 2.05) is 4.90 Å². The van der Waals surface area contributed by atoms with Crippen LogP contribution < -0.4 is 9.47 Å². The third kappa shape index (κ3) is 3.97. The molecule has 0 radical (unpaired) electrons. The monoisotopic (exact) mass is 395 g/mol. The quantitative estimate of drug-likeness (QED) is 0.811. The van der Waals surface area contributed by atoms with Crippen molar-refractivity contribution in [2.24, 2.45) is 5.92 Å². The number of carbonyl (C=O) groups is 1. The predicted molar refractivity (Wildman–Crippen MR) is 112 cm³/mol. The Hall–Kier alpha value is -2.53. The topological polar surface area (TPSA) is 59.0 Å². The lowest BCUT2D eigenvalue weighted by Gasteiger charge is -2.32. The summed E-state index contributed by atoms with van der Waals surface area (Å²) in [5.41, 5.74) is 1.34. The fourth-order valence-corrected chi connectivity index (χ4v) is 4.43. The van der Waals surface area contributed by atoms with Crippen LogP contribution in [-0.2, 0) is 5.41 Å². The minimum absolute atomic E-state index is 0.0332. The highest BCUT2D eigenvalue weighted by atomic mass is 16.5. The smallest absolute Gasteiger partial charge is 0.254 e. The van der Waals surface area contributed by atoms with Crippen LogP contribution in [0, 0.1) is 5.92 Å². The zero-order valence-electron chi connectivity index (χ0n) is 17.4. The Kier molecular flexibility index (Phi) is 5.03. The largest absolute Gasteiger partial charge is 0.493 e. The number of amides is 1. The summed E-state index contributed by atoms with van der Waals surface area (Å²) < 4.78 is 11.1. The lowest BCUT2D eigenvalue weighted by molar-refractivity contribution is 0.0276. The van der Waals surface area contributed by atoms with Gasteiger partial charge in [-0.15, -0.1) is 0 Å². The van der Waals surface area contributed by atoms with Gasteiger partial charge in [-0.2, -0.15) is 0 Å². The summed E-state index contributed by atoms with van der Waals surface area (Å²) in [5, 5.41) is 9.86. The molecule has 29 heavy (non-hydrogen) atoms. The van der Waals surface area contributed by atoms with Crippen LogP contribution in [0.5, 0.6) is 11.5 Å². The standard InChI is InChI=1S/C24H29NO4/c1-23(2,27)16-29-20-10-9-17(13-21(20)28-3)22(26)25-12-11-24(14-19(24)15-25)18-7-5-4-6-8-18/h4-10,13,19,27H,11-12,14-16H2,1-3H3/t19?,24-/m1/s1. The molecule has 1 aliphatic heterocycles. The maximum atomic E-state index is 13.1. The van der Waals surface area contributed by atoms with E-state index in [0.29, 0.717) is 23.0 Å². The Morgan fingerprint density at radius 3 is 2.62 bits per heavy atom. The highest BCUT2D eigenvalue weighted by Gasteiger charge is 2.57. The summed E-state index contributed by atoms with van der Waals surface area (Å²) in [7, 11) is 1.56. The molecule has 2 atom stereocenters. The number of ether oxygens (including phenoxy) is 2. The molecular weight excluding hydrogens is 366 g/mol. The van der Waals surface area contributed by atoms with E-state index < -0.39 is 5.60 Å². The number of likely N-dealkylation sites (tertiary alicyclic amines) is 1. The van der Waals surface area contributed by atoms with E-state index in [2.05, 4.69) is 30.3 Å². The average Bonchev–Trinajstić information content (AvgIpc) is 3.46. The first-order chi connectivity index (χ1) is 13.8. The van der Waals surface area contributed by atoms with Gasteiger partial charge in [-0.3, -0.25) is 4.79 Å². The molecule has 1 heterocycles. The Morgan fingerprint density at radius 1 is 1.21 bits per heavy atom. The predicted octanol–water partition coefficient (Wildman–Crippen LogP) is 3.65. The number of nitrogens with zero attached hydrogens (tertiary/aromatic N) is 1. The second-order valence-corrected chi connectivity index (χ2v) is 8.89. The van der Waals surface area contributed by atoms with E-state index in [9.17, 15) is 9.90 Å². The van der Waals surface area contributed by atoms with E-state index >= 15 is 0 Å². The molecular formula is C24H29NO4. The van der Waals surface area contributed by atoms with Crippen LogP contribution in [0.3, 0.4) is 0 Å². The summed E-state index contributed by atoms with van der Waals surface area (Å²) in [4.78, 5) is 15.1. The molecule has 1 amide bonds. The SMILES string of the molecule is COc1cc(C(=O)N2CC[C@]3(c4ccccc4)CC3C2)ccc1OCC(C)(C)O. The summed E-state index contributed by atoms with van der Waals surface area (Å²) in [6, 6.07) is 15.9. The fourth-order valence-electron chi connectivity index (χ4n) is 4.43. The molecule has 1 aliphatic carbocycles. The second-order valence-electron chi connectivity index (χ2n) is 8.89. The molecule has 4 rings (SSSR count). The van der Waals surface area contributed by atoms with Gasteiger partial charge < -0.3 is 19.5 Å². The summed E-state index contributed by atoms with van der Waals surface area (Å²) in [6.07, 6.45) is 2.17. The van der Waals surface area contributed by atoms with Crippen LogP contribution in [0.2, 0.25) is 0 Å². The van der Waals surface area contributed by atoms with Crippen molar-refractivity contribution in [3.8, 4) is 11.5 Å². The van der Waals surface area contributed by atoms with Gasteiger partial charge in [-0.25, -0.2) is 0 Å². The molecule has 0 spiro atoms. The van der Waals surface area contributed by atoms with Gasteiger partial charge in [-0.05, 0) is 56.4 Å². The number of fused-ring (bicyclic) bond motifs is 1. The molecule has 154 valence electrons. The highest BCUT2D eigenvalue weighted by Crippen LogP contribution is 2.59. The van der Waals surface area contributed by atoms with Crippen LogP contribution in [0.4, 0.5) is 0 Å². The molecule has 5 nitrogen and oxygen atoms in total. The number of piperidine rings is 1. The van der Waals surface area contributed by atoms with Gasteiger partial charge in [0, 0.05) is 24.1 Å². The number of methoxy groups -OCH3 is 1. The first-order valence-electron chi connectivity index (χ1n) is 10.2. The molecule has 1 saturated carbocycles. The molecule has 2 aromatic carbocycles. The van der Waals surface area contributed by atoms with E-state index in [-0.39, 0.29) is 17.9 Å². The Balaban J connectivity index is 1.44. The minimum atomic E-state index is -0.942. The van der Waals surface area contributed by atoms with Crippen LogP contribution in [0.1, 0.15) is 42.6 Å². The van der Waals surface area contributed by atoms with E-state index in [0.717, 1.165) is 25.9 Å². The maximum Gasteiger partial charge on any atom is 0.254 e. The van der Waals surface area contributed by atoms with Crippen molar-refractivity contribution in [1.82, 2.24) is 4.90 Å². The van der Waals surface area contributed by atoms with E-state index in [1.54, 1.807) is 39.2 Å². The third-order valence-corrected chi connectivity index (χ3v) is 6.13. The van der Waals surface area contributed by atoms with Crippen molar-refractivity contribution in [2.45, 2.75) is 37.7 Å². The molecule has 2 fully saturated rings. The Bertz CT molecular complexity index is 889. The van der Waals surface area contributed by atoms with Crippen LogP contribution in [-0.4, -0.2) is 48.3 Å². The molecule has 0 aromatic heterocycles. The Morgan fingerprint density at radius 2 is 1.97 bits per heavy atom. The normalized spacial score (nSPS) is 23.3. The molecule has 1 N–H and O–H groups in total. The lowest BCUT2D eigenvalue weighted by Crippen LogP contribution is -2.40. The number of hydrogen-bond acceptors (Lipinski definition) is 4. The van der Waals surface area contributed by atoms with Crippen molar-refractivity contribution in [2.75, 3.05) is 26.8 Å². The lowest BCUT2D eigenvalue weighted by atomic mass is 9.87. The van der Waals surface area contributed by atoms with Gasteiger partial charge in [0.25, 0.3) is 5.91 Å². The van der Waals surface area contributed by atoms with Gasteiger partial charge in [0.15, 0.2) is 11.5 Å². The van der Waals surface area contributed by atoms with Gasteiger partial charge in [0.05, 0.1) is 12.7 Å². The van der Waals surface area contributed by atoms with E-state index in [4.69, 9.17) is 9.47 Å². The molecule has 1 saturated heterocycles. The number of rotatable bonds is 6. The summed E-state index contributed by atoms with van der Waals surface area (Å²) >= 11 is 0. The summed E-state index contributed by atoms with van der Waals surface area (Å²) in [5.74, 6) is 1.60. The number of benzene rings is 2. The number of carbonyl (C=O) groups excluding carboxylic acids is 1. The Labute approximate surface area is 172 Å². The highest BCUT2D eigenvalue weighted by molar-refractivity contribution is 5.95. The van der Waals surface area contributed by atoms with Crippen molar-refractivity contribution in [1.29, 1.82) is 0 Å². The first-order valence-corrected chi connectivity index (χ1v) is 10.2. The number of aliphatic hydroxyl groups is 1. The fraction of sp³-hybridized carbons (Fsp3) is 0.458. The average molecular weight is 395 g/mol. The van der Waals surface area contributed by atoms with Crippen LogP contribution in [0.15, 0.2) is 48.5 Å². The summed E-state index contributed by atoms with van der Waals surface area (Å²) in [6.45, 7) is 5.07. The van der Waals surface area contributed by atoms with Gasteiger partial charge in [0.2, 0.25) is 0 Å². The van der Waals surface area contributed by atoms with Crippen molar-refractivity contribution >= 4 is 5.91 Å². The molecule has 0 bridgehead atoms. The van der Waals surface area contributed by atoms with Gasteiger partial charge in [-0.1, -0.05) is 30.3 Å². The zero-order valence-corrected chi connectivity index (χ0v) is 17.4. The third-order valence-electron chi connectivity index (χ3n) is 6.13. The molecule has 1 unspecified atom stereocenters. The molecule has 2 aromatic rings. The van der Waals surface area contributed by atoms with Gasteiger partial charge >= 0.3 is 0 Å². The van der Waals surface area contributed by atoms with Crippen molar-refractivity contribution in [3.05, 3.63) is 59.7 Å². The first kappa shape index (κ1) is 19.8. The van der Waals surface area contributed by atoms with Crippen LogP contribution in [0.25, 0.3) is 0 Å². The van der Waals surface area contributed by atoms with Crippen LogP contribution >= 0.6 is 0 Å². The van der Waals surface area contributed by atoms with Gasteiger partial charge in [0.1, 0.15) is 6.61 Å². The molecule has 2 aliphatic rings. The zero-order chi connectivity index (χ0) is 20.6. The number of hydrogen-bond donors (Lipinski definition) is 1. The second kappa shape index (κ2) is 7.38. The van der Waals surface area contributed by atoms with Crippen molar-refractivity contribution < 1.29 is 19.4 Å². The van der Waals surface area contributed by atoms with Crippen molar-refractivity contribution in [3.63, 3.8) is 0 Å². The maximum absolute atomic E-state index is 13.1. The minimum Gasteiger partial charge on any atom is -0.493 e. The molecule has 5 heteroatoms. The van der Waals surface area contributed by atoms with E-state index in [1.165, 1.54) is 5.56 Å².